The van der Waals surface area contributed by atoms with Crippen molar-refractivity contribution in [1.29, 1.82) is 0 Å². The van der Waals surface area contributed by atoms with E-state index in [0.29, 0.717) is 18.2 Å². The van der Waals surface area contributed by atoms with Gasteiger partial charge in [0.2, 0.25) is 5.95 Å². The Kier molecular flexibility index (Phi) is 5.05. The normalized spacial score (nSPS) is 17.8. The van der Waals surface area contributed by atoms with Gasteiger partial charge in [0.25, 0.3) is 5.91 Å². The molecule has 1 aliphatic rings. The number of hydrogen-bond donors (Lipinski definition) is 2. The summed E-state index contributed by atoms with van der Waals surface area (Å²) in [4.78, 5) is 22.6. The van der Waals surface area contributed by atoms with Gasteiger partial charge in [0, 0.05) is 36.1 Å². The Morgan fingerprint density at radius 1 is 1.25 bits per heavy atom. The van der Waals surface area contributed by atoms with Crippen LogP contribution >= 0.6 is 0 Å². The molecule has 1 aromatic carbocycles. The minimum absolute atomic E-state index is 0.0317. The average molecular weight is 325 g/mol. The molecule has 2 aromatic rings. The standard InChI is InChI=1S/C18H23N5O/c1-23-10-2-3-16(23)8-9-20-17(24)14-6-4-13(5-7-14)15-11-21-18(19)22-12-15/h4-7,11-12,16H,2-3,8-10H2,1H3,(H,20,24)(H2,19,21,22). The molecule has 0 aliphatic carbocycles. The Balaban J connectivity index is 1.54. The molecule has 126 valence electrons. The second-order valence-corrected chi connectivity index (χ2v) is 6.23. The van der Waals surface area contributed by atoms with E-state index >= 15 is 0 Å². The molecule has 1 aliphatic heterocycles. The molecule has 2 heterocycles. The van der Waals surface area contributed by atoms with Crippen LogP contribution in [0.5, 0.6) is 0 Å². The molecule has 1 unspecified atom stereocenters. The predicted molar refractivity (Wildman–Crippen MR) is 94.5 cm³/mol. The number of likely N-dealkylation sites (tertiary alicyclic amines) is 1. The lowest BCUT2D eigenvalue weighted by molar-refractivity contribution is 0.0950. The van der Waals surface area contributed by atoms with Crippen LogP contribution in [0.1, 0.15) is 29.6 Å². The van der Waals surface area contributed by atoms with Gasteiger partial charge >= 0.3 is 0 Å². The molecule has 1 aromatic heterocycles. The van der Waals surface area contributed by atoms with E-state index in [9.17, 15) is 4.79 Å². The molecule has 0 bridgehead atoms. The number of nitrogen functional groups attached to an aromatic ring is 1. The first-order chi connectivity index (χ1) is 11.6. The van der Waals surface area contributed by atoms with Crippen molar-refractivity contribution in [3.05, 3.63) is 42.2 Å². The van der Waals surface area contributed by atoms with Crippen LogP contribution in [0.2, 0.25) is 0 Å². The highest BCUT2D eigenvalue weighted by atomic mass is 16.1. The number of anilines is 1. The molecular formula is C18H23N5O. The van der Waals surface area contributed by atoms with Crippen molar-refractivity contribution in [2.45, 2.75) is 25.3 Å². The molecule has 6 heteroatoms. The zero-order valence-corrected chi connectivity index (χ0v) is 13.9. The SMILES string of the molecule is CN1CCCC1CCNC(=O)c1ccc(-c2cnc(N)nc2)cc1. The Morgan fingerprint density at radius 3 is 2.58 bits per heavy atom. The molecule has 3 rings (SSSR count). The van der Waals surface area contributed by atoms with Crippen molar-refractivity contribution in [2.24, 2.45) is 0 Å². The van der Waals surface area contributed by atoms with Crippen molar-refractivity contribution < 1.29 is 4.79 Å². The van der Waals surface area contributed by atoms with E-state index < -0.39 is 0 Å². The lowest BCUT2D eigenvalue weighted by Gasteiger charge is -2.19. The number of benzene rings is 1. The molecule has 0 saturated carbocycles. The van der Waals surface area contributed by atoms with Gasteiger partial charge in [-0.15, -0.1) is 0 Å². The summed E-state index contributed by atoms with van der Waals surface area (Å²) in [5.74, 6) is 0.221. The van der Waals surface area contributed by atoms with Crippen LogP contribution in [-0.2, 0) is 0 Å². The average Bonchev–Trinajstić information content (AvgIpc) is 3.01. The molecular weight excluding hydrogens is 302 g/mol. The van der Waals surface area contributed by atoms with Crippen LogP contribution in [0.3, 0.4) is 0 Å². The fourth-order valence-electron chi connectivity index (χ4n) is 3.10. The smallest absolute Gasteiger partial charge is 0.251 e. The van der Waals surface area contributed by atoms with Gasteiger partial charge in [-0.2, -0.15) is 0 Å². The minimum atomic E-state index is -0.0317. The number of carbonyl (C=O) groups is 1. The van der Waals surface area contributed by atoms with Crippen LogP contribution in [0.4, 0.5) is 5.95 Å². The molecule has 1 saturated heterocycles. The number of carbonyl (C=O) groups excluding carboxylic acids is 1. The molecule has 1 fully saturated rings. The molecule has 1 amide bonds. The monoisotopic (exact) mass is 325 g/mol. The zero-order chi connectivity index (χ0) is 16.9. The van der Waals surface area contributed by atoms with Crippen molar-refractivity contribution in [3.8, 4) is 11.1 Å². The second kappa shape index (κ2) is 7.40. The summed E-state index contributed by atoms with van der Waals surface area (Å²) >= 11 is 0. The topological polar surface area (TPSA) is 84.1 Å². The number of nitrogens with one attached hydrogen (secondary N) is 1. The molecule has 3 N–H and O–H groups in total. The first-order valence-electron chi connectivity index (χ1n) is 8.30. The lowest BCUT2D eigenvalue weighted by atomic mass is 10.1. The maximum absolute atomic E-state index is 12.2. The quantitative estimate of drug-likeness (QED) is 0.877. The van der Waals surface area contributed by atoms with Gasteiger partial charge in [0.1, 0.15) is 0 Å². The Bertz CT molecular complexity index is 684. The molecule has 24 heavy (non-hydrogen) atoms. The zero-order valence-electron chi connectivity index (χ0n) is 13.9. The highest BCUT2D eigenvalue weighted by Gasteiger charge is 2.20. The number of nitrogens with two attached hydrogens (primary N) is 1. The van der Waals surface area contributed by atoms with Gasteiger partial charge in [0.15, 0.2) is 0 Å². The van der Waals surface area contributed by atoms with E-state index in [4.69, 9.17) is 5.73 Å². The first kappa shape index (κ1) is 16.4. The highest BCUT2D eigenvalue weighted by Crippen LogP contribution is 2.19. The van der Waals surface area contributed by atoms with E-state index in [0.717, 1.165) is 24.1 Å². The lowest BCUT2D eigenvalue weighted by Crippen LogP contribution is -2.31. The van der Waals surface area contributed by atoms with Crippen LogP contribution in [0.15, 0.2) is 36.7 Å². The van der Waals surface area contributed by atoms with Crippen molar-refractivity contribution in [3.63, 3.8) is 0 Å². The van der Waals surface area contributed by atoms with Crippen LogP contribution in [0, 0.1) is 0 Å². The first-order valence-corrected chi connectivity index (χ1v) is 8.30. The Morgan fingerprint density at radius 2 is 1.96 bits per heavy atom. The third-order valence-electron chi connectivity index (χ3n) is 4.59. The summed E-state index contributed by atoms with van der Waals surface area (Å²) in [6.45, 7) is 1.87. The summed E-state index contributed by atoms with van der Waals surface area (Å²) in [6.07, 6.45) is 6.84. The fourth-order valence-corrected chi connectivity index (χ4v) is 3.10. The number of amides is 1. The fraction of sp³-hybridized carbons (Fsp3) is 0.389. The second-order valence-electron chi connectivity index (χ2n) is 6.23. The molecule has 6 nitrogen and oxygen atoms in total. The minimum Gasteiger partial charge on any atom is -0.368 e. The van der Waals surface area contributed by atoms with Gasteiger partial charge in [0.05, 0.1) is 0 Å². The maximum atomic E-state index is 12.2. The third kappa shape index (κ3) is 3.89. The summed E-state index contributed by atoms with van der Waals surface area (Å²) in [5.41, 5.74) is 7.99. The van der Waals surface area contributed by atoms with E-state index in [-0.39, 0.29) is 11.9 Å². The number of aromatic nitrogens is 2. The van der Waals surface area contributed by atoms with Crippen molar-refractivity contribution in [1.82, 2.24) is 20.2 Å². The van der Waals surface area contributed by atoms with Gasteiger partial charge in [-0.3, -0.25) is 4.79 Å². The number of hydrogen-bond acceptors (Lipinski definition) is 5. The van der Waals surface area contributed by atoms with Crippen molar-refractivity contribution >= 4 is 11.9 Å². The van der Waals surface area contributed by atoms with E-state index in [2.05, 4.69) is 27.2 Å². The van der Waals surface area contributed by atoms with E-state index in [1.165, 1.54) is 12.8 Å². The van der Waals surface area contributed by atoms with E-state index in [1.807, 2.05) is 24.3 Å². The summed E-state index contributed by atoms with van der Waals surface area (Å²) in [5, 5.41) is 3.01. The largest absolute Gasteiger partial charge is 0.368 e. The third-order valence-corrected chi connectivity index (χ3v) is 4.59. The molecule has 0 radical (unpaired) electrons. The van der Waals surface area contributed by atoms with Gasteiger partial charge in [-0.05, 0) is 50.6 Å². The maximum Gasteiger partial charge on any atom is 0.251 e. The predicted octanol–water partition coefficient (Wildman–Crippen LogP) is 1.94. The molecule has 1 atom stereocenters. The van der Waals surface area contributed by atoms with Gasteiger partial charge in [-0.1, -0.05) is 12.1 Å². The summed E-state index contributed by atoms with van der Waals surface area (Å²) in [6, 6.07) is 8.03. The summed E-state index contributed by atoms with van der Waals surface area (Å²) < 4.78 is 0. The molecule has 0 spiro atoms. The Labute approximate surface area is 142 Å². The summed E-state index contributed by atoms with van der Waals surface area (Å²) in [7, 11) is 2.15. The van der Waals surface area contributed by atoms with Crippen molar-refractivity contribution in [2.75, 3.05) is 25.9 Å². The van der Waals surface area contributed by atoms with Crippen LogP contribution < -0.4 is 11.1 Å². The number of nitrogens with zero attached hydrogens (tertiary/aromatic N) is 3. The van der Waals surface area contributed by atoms with E-state index in [1.54, 1.807) is 12.4 Å². The van der Waals surface area contributed by atoms with Gasteiger partial charge in [-0.25, -0.2) is 9.97 Å². The van der Waals surface area contributed by atoms with Crippen LogP contribution in [-0.4, -0.2) is 47.0 Å². The van der Waals surface area contributed by atoms with Gasteiger partial charge < -0.3 is 16.0 Å². The Hall–Kier alpha value is -2.47. The highest BCUT2D eigenvalue weighted by molar-refractivity contribution is 5.94. The van der Waals surface area contributed by atoms with Crippen LogP contribution in [0.25, 0.3) is 11.1 Å². The number of rotatable bonds is 5.